The Morgan fingerprint density at radius 3 is 2.00 bits per heavy atom. The molecule has 0 aliphatic carbocycles. The lowest BCUT2D eigenvalue weighted by Crippen LogP contribution is -2.63. The molecule has 0 saturated heterocycles. The topological polar surface area (TPSA) is 76.0 Å². The molecule has 0 aromatic carbocycles. The summed E-state index contributed by atoms with van der Waals surface area (Å²) in [7, 11) is 2.64. The Hall–Kier alpha value is -0.490. The first-order chi connectivity index (χ1) is 8.97. The zero-order valence-corrected chi connectivity index (χ0v) is 12.6. The molecule has 0 saturated carbocycles. The maximum absolute atomic E-state index is 12.3. The summed E-state index contributed by atoms with van der Waals surface area (Å²) in [6, 6.07) is 0. The minimum Gasteiger partial charge on any atom is -0.393 e. The third-order valence-electron chi connectivity index (χ3n) is 3.52. The van der Waals surface area contributed by atoms with Crippen molar-refractivity contribution in [1.29, 1.82) is 0 Å². The lowest BCUT2D eigenvalue weighted by atomic mass is 9.83. The average molecular weight is 276 g/mol. The minimum absolute atomic E-state index is 0.250. The van der Waals surface area contributed by atoms with Crippen LogP contribution in [-0.2, 0) is 14.3 Å². The molecule has 5 nitrogen and oxygen atoms in total. The highest BCUT2D eigenvalue weighted by Gasteiger charge is 2.56. The highest BCUT2D eigenvalue weighted by molar-refractivity contribution is 5.87. The van der Waals surface area contributed by atoms with E-state index in [0.29, 0.717) is 12.8 Å². The Kier molecular flexibility index (Phi) is 8.41. The summed E-state index contributed by atoms with van der Waals surface area (Å²) < 4.78 is 10.4. The maximum Gasteiger partial charge on any atom is 0.260 e. The van der Waals surface area contributed by atoms with Crippen molar-refractivity contribution in [2.75, 3.05) is 20.8 Å². The highest BCUT2D eigenvalue weighted by Crippen LogP contribution is 2.33. The van der Waals surface area contributed by atoms with Gasteiger partial charge in [0.25, 0.3) is 5.79 Å². The SMILES string of the molecule is CCCCC(=O)C(OC)(OC)C(O)(CO)CCCC. The molecule has 1 unspecified atom stereocenters. The van der Waals surface area contributed by atoms with Gasteiger partial charge in [-0.05, 0) is 12.8 Å². The monoisotopic (exact) mass is 276 g/mol. The molecule has 0 aromatic heterocycles. The van der Waals surface area contributed by atoms with Gasteiger partial charge in [0, 0.05) is 20.6 Å². The van der Waals surface area contributed by atoms with E-state index >= 15 is 0 Å². The van der Waals surface area contributed by atoms with Crippen molar-refractivity contribution >= 4 is 5.78 Å². The van der Waals surface area contributed by atoms with Gasteiger partial charge in [-0.2, -0.15) is 0 Å². The van der Waals surface area contributed by atoms with Gasteiger partial charge in [0.05, 0.1) is 6.61 Å². The van der Waals surface area contributed by atoms with Crippen LogP contribution in [0.3, 0.4) is 0 Å². The number of aliphatic hydroxyl groups is 2. The summed E-state index contributed by atoms with van der Waals surface area (Å²) in [5.74, 6) is -2.11. The van der Waals surface area contributed by atoms with Crippen LogP contribution in [0.4, 0.5) is 0 Å². The zero-order chi connectivity index (χ0) is 14.9. The molecule has 5 heteroatoms. The van der Waals surface area contributed by atoms with Gasteiger partial charge in [0.1, 0.15) is 5.60 Å². The van der Waals surface area contributed by atoms with Crippen LogP contribution in [0.5, 0.6) is 0 Å². The van der Waals surface area contributed by atoms with Crippen LogP contribution in [0.2, 0.25) is 0 Å². The van der Waals surface area contributed by atoms with Crippen LogP contribution in [0.1, 0.15) is 52.4 Å². The predicted molar refractivity (Wildman–Crippen MR) is 72.8 cm³/mol. The molecule has 0 aliphatic rings. The van der Waals surface area contributed by atoms with Gasteiger partial charge in [0.2, 0.25) is 0 Å². The smallest absolute Gasteiger partial charge is 0.260 e. The van der Waals surface area contributed by atoms with Crippen molar-refractivity contribution in [3.63, 3.8) is 0 Å². The first-order valence-corrected chi connectivity index (χ1v) is 6.94. The third kappa shape index (κ3) is 3.99. The zero-order valence-electron chi connectivity index (χ0n) is 12.6. The Balaban J connectivity index is 5.25. The molecule has 1 atom stereocenters. The number of hydrogen-bond acceptors (Lipinski definition) is 5. The first kappa shape index (κ1) is 18.5. The number of carbonyl (C=O) groups excluding carboxylic acids is 1. The summed E-state index contributed by atoms with van der Waals surface area (Å²) in [4.78, 5) is 12.3. The van der Waals surface area contributed by atoms with Gasteiger partial charge in [-0.3, -0.25) is 4.79 Å². The number of unbranched alkanes of at least 4 members (excludes halogenated alkanes) is 2. The van der Waals surface area contributed by atoms with E-state index < -0.39 is 18.0 Å². The van der Waals surface area contributed by atoms with Crippen molar-refractivity contribution in [2.45, 2.75) is 63.8 Å². The van der Waals surface area contributed by atoms with Gasteiger partial charge >= 0.3 is 0 Å². The lowest BCUT2D eigenvalue weighted by Gasteiger charge is -2.42. The van der Waals surface area contributed by atoms with Crippen LogP contribution in [0.25, 0.3) is 0 Å². The van der Waals surface area contributed by atoms with Gasteiger partial charge < -0.3 is 19.7 Å². The number of ketones is 1. The second-order valence-electron chi connectivity index (χ2n) is 4.84. The molecular formula is C14H28O5. The largest absolute Gasteiger partial charge is 0.393 e. The molecule has 0 aromatic rings. The first-order valence-electron chi connectivity index (χ1n) is 6.94. The number of carbonyl (C=O) groups is 1. The van der Waals surface area contributed by atoms with Crippen LogP contribution >= 0.6 is 0 Å². The Morgan fingerprint density at radius 1 is 1.11 bits per heavy atom. The molecule has 0 fully saturated rings. The van der Waals surface area contributed by atoms with E-state index in [1.807, 2.05) is 13.8 Å². The number of rotatable bonds is 11. The van der Waals surface area contributed by atoms with E-state index in [-0.39, 0.29) is 18.6 Å². The fourth-order valence-electron chi connectivity index (χ4n) is 2.27. The van der Waals surface area contributed by atoms with Crippen LogP contribution in [0, 0.1) is 0 Å². The molecular weight excluding hydrogens is 248 g/mol. The van der Waals surface area contributed by atoms with Crippen molar-refractivity contribution in [3.8, 4) is 0 Å². The summed E-state index contributed by atoms with van der Waals surface area (Å²) in [5.41, 5.74) is -1.71. The van der Waals surface area contributed by atoms with Crippen LogP contribution < -0.4 is 0 Å². The number of methoxy groups -OCH3 is 2. The van der Waals surface area contributed by atoms with E-state index in [4.69, 9.17) is 9.47 Å². The molecule has 0 aliphatic heterocycles. The Labute approximate surface area is 115 Å². The molecule has 0 heterocycles. The molecule has 0 bridgehead atoms. The maximum atomic E-state index is 12.3. The number of aliphatic hydroxyl groups excluding tert-OH is 1. The quantitative estimate of drug-likeness (QED) is 0.561. The van der Waals surface area contributed by atoms with Crippen molar-refractivity contribution < 1.29 is 24.5 Å². The second-order valence-corrected chi connectivity index (χ2v) is 4.84. The van der Waals surface area contributed by atoms with E-state index in [9.17, 15) is 15.0 Å². The van der Waals surface area contributed by atoms with E-state index in [0.717, 1.165) is 12.8 Å². The number of ether oxygens (including phenoxy) is 2. The summed E-state index contributed by atoms with van der Waals surface area (Å²) in [6.07, 6.45) is 3.58. The lowest BCUT2D eigenvalue weighted by molar-refractivity contribution is -0.292. The predicted octanol–water partition coefficient (Wildman–Crippen LogP) is 1.65. The molecule has 2 N–H and O–H groups in total. The van der Waals surface area contributed by atoms with E-state index in [1.54, 1.807) is 0 Å². The average Bonchev–Trinajstić information content (AvgIpc) is 2.44. The fourth-order valence-corrected chi connectivity index (χ4v) is 2.27. The number of hydrogen-bond donors (Lipinski definition) is 2. The number of Topliss-reactive ketones (excluding diaryl/α,β-unsaturated/α-hetero) is 1. The van der Waals surface area contributed by atoms with E-state index in [2.05, 4.69) is 0 Å². The molecule has 0 amide bonds. The van der Waals surface area contributed by atoms with Crippen LogP contribution in [0.15, 0.2) is 0 Å². The summed E-state index contributed by atoms with van der Waals surface area (Å²) >= 11 is 0. The highest BCUT2D eigenvalue weighted by atomic mass is 16.7. The molecule has 19 heavy (non-hydrogen) atoms. The van der Waals surface area contributed by atoms with Crippen molar-refractivity contribution in [1.82, 2.24) is 0 Å². The van der Waals surface area contributed by atoms with Gasteiger partial charge in [-0.25, -0.2) is 0 Å². The molecule has 0 radical (unpaired) electrons. The summed E-state index contributed by atoms with van der Waals surface area (Å²) in [5, 5.41) is 20.1. The summed E-state index contributed by atoms with van der Waals surface area (Å²) in [6.45, 7) is 3.37. The van der Waals surface area contributed by atoms with Gasteiger partial charge in [-0.15, -0.1) is 0 Å². The van der Waals surface area contributed by atoms with E-state index in [1.165, 1.54) is 14.2 Å². The third-order valence-corrected chi connectivity index (χ3v) is 3.52. The molecule has 0 rings (SSSR count). The standard InChI is InChI=1S/C14H28O5/c1-5-7-9-12(16)14(18-3,19-4)13(17,11-15)10-8-6-2/h15,17H,5-11H2,1-4H3. The molecule has 0 spiro atoms. The van der Waals surface area contributed by atoms with Crippen molar-refractivity contribution in [3.05, 3.63) is 0 Å². The van der Waals surface area contributed by atoms with Crippen molar-refractivity contribution in [2.24, 2.45) is 0 Å². The van der Waals surface area contributed by atoms with Gasteiger partial charge in [-0.1, -0.05) is 33.1 Å². The molecule has 114 valence electrons. The minimum atomic E-state index is -1.79. The Morgan fingerprint density at radius 2 is 1.63 bits per heavy atom. The normalized spacial score (nSPS) is 15.3. The Bertz CT molecular complexity index is 263. The van der Waals surface area contributed by atoms with Gasteiger partial charge in [0.15, 0.2) is 5.78 Å². The second kappa shape index (κ2) is 8.64. The van der Waals surface area contributed by atoms with Crippen LogP contribution in [-0.4, -0.2) is 48.2 Å². The fraction of sp³-hybridized carbons (Fsp3) is 0.929.